The Morgan fingerprint density at radius 2 is 2.10 bits per heavy atom. The highest BCUT2D eigenvalue weighted by molar-refractivity contribution is 4.76. The van der Waals surface area contributed by atoms with Gasteiger partial charge in [-0.3, -0.25) is 0 Å². The van der Waals surface area contributed by atoms with Crippen LogP contribution in [0, 0.1) is 0 Å². The van der Waals surface area contributed by atoms with Gasteiger partial charge in [-0.2, -0.15) is 0 Å². The fourth-order valence-corrected chi connectivity index (χ4v) is 1.00. The van der Waals surface area contributed by atoms with Crippen molar-refractivity contribution in [1.29, 1.82) is 0 Å². The number of hydrogen-bond acceptors (Lipinski definition) is 3. The summed E-state index contributed by atoms with van der Waals surface area (Å²) in [4.78, 5) is 0. The van der Waals surface area contributed by atoms with Crippen molar-refractivity contribution >= 4 is 0 Å². The molecule has 2 N–H and O–H groups in total. The summed E-state index contributed by atoms with van der Waals surface area (Å²) in [5.74, 6) is -0.449. The minimum atomic E-state index is -0.449. The van der Waals surface area contributed by atoms with E-state index < -0.39 is 5.79 Å². The van der Waals surface area contributed by atoms with E-state index in [1.165, 1.54) is 0 Å². The Kier molecular flexibility index (Phi) is 1.99. The van der Waals surface area contributed by atoms with Gasteiger partial charge < -0.3 is 15.2 Å². The zero-order chi connectivity index (χ0) is 7.78. The first-order valence-corrected chi connectivity index (χ1v) is 3.58. The molecule has 3 nitrogen and oxygen atoms in total. The Balaban J connectivity index is 2.49. The molecule has 0 aromatic heterocycles. The van der Waals surface area contributed by atoms with Gasteiger partial charge in [0.15, 0.2) is 5.79 Å². The van der Waals surface area contributed by atoms with Gasteiger partial charge in [0.25, 0.3) is 0 Å². The van der Waals surface area contributed by atoms with Gasteiger partial charge in [-0.15, -0.1) is 0 Å². The van der Waals surface area contributed by atoms with Crippen molar-refractivity contribution in [2.24, 2.45) is 5.73 Å². The van der Waals surface area contributed by atoms with E-state index in [1.54, 1.807) is 0 Å². The molecule has 0 aromatic carbocycles. The molecule has 10 heavy (non-hydrogen) atoms. The lowest BCUT2D eigenvalue weighted by Crippen LogP contribution is -2.51. The lowest BCUT2D eigenvalue weighted by atomic mass is 10.1. The highest BCUT2D eigenvalue weighted by Gasteiger charge is 2.31. The van der Waals surface area contributed by atoms with Crippen LogP contribution in [0.3, 0.4) is 0 Å². The van der Waals surface area contributed by atoms with E-state index in [0.29, 0.717) is 6.61 Å². The van der Waals surface area contributed by atoms with E-state index in [0.717, 1.165) is 0 Å². The minimum absolute atomic E-state index is 0.0213. The zero-order valence-corrected chi connectivity index (χ0v) is 6.76. The Morgan fingerprint density at radius 3 is 2.50 bits per heavy atom. The van der Waals surface area contributed by atoms with Crippen LogP contribution in [0.4, 0.5) is 0 Å². The summed E-state index contributed by atoms with van der Waals surface area (Å²) < 4.78 is 10.7. The smallest absolute Gasteiger partial charge is 0.163 e. The van der Waals surface area contributed by atoms with Crippen molar-refractivity contribution in [2.75, 3.05) is 6.61 Å². The summed E-state index contributed by atoms with van der Waals surface area (Å²) in [6.45, 7) is 6.36. The van der Waals surface area contributed by atoms with Crippen LogP contribution in [-0.4, -0.2) is 24.5 Å². The van der Waals surface area contributed by atoms with Crippen molar-refractivity contribution in [3.8, 4) is 0 Å². The highest BCUT2D eigenvalue weighted by atomic mass is 16.7. The summed E-state index contributed by atoms with van der Waals surface area (Å²) in [6.07, 6.45) is 0.101. The average molecular weight is 145 g/mol. The maximum absolute atomic E-state index is 5.65. The Labute approximate surface area is 61.5 Å². The topological polar surface area (TPSA) is 44.5 Å². The van der Waals surface area contributed by atoms with Gasteiger partial charge in [-0.25, -0.2) is 0 Å². The predicted octanol–water partition coefficient (Wildman–Crippen LogP) is 0.485. The van der Waals surface area contributed by atoms with Crippen LogP contribution >= 0.6 is 0 Å². The molecule has 0 aromatic rings. The van der Waals surface area contributed by atoms with Gasteiger partial charge in [0.05, 0.1) is 18.8 Å². The number of ether oxygens (including phenoxy) is 2. The first-order valence-electron chi connectivity index (χ1n) is 3.58. The third-order valence-electron chi connectivity index (χ3n) is 1.70. The Bertz CT molecular complexity index is 125. The SMILES string of the molecule is CC1OC(C)(C)OCC1N. The molecule has 2 unspecified atom stereocenters. The number of rotatable bonds is 0. The molecule has 1 heterocycles. The monoisotopic (exact) mass is 145 g/mol. The van der Waals surface area contributed by atoms with Crippen LogP contribution in [0.25, 0.3) is 0 Å². The van der Waals surface area contributed by atoms with Gasteiger partial charge >= 0.3 is 0 Å². The molecule has 1 rings (SSSR count). The molecule has 0 saturated carbocycles. The van der Waals surface area contributed by atoms with Gasteiger partial charge in [0.1, 0.15) is 0 Å². The second-order valence-corrected chi connectivity index (χ2v) is 3.20. The average Bonchev–Trinajstić information content (AvgIpc) is 1.79. The first kappa shape index (κ1) is 7.98. The van der Waals surface area contributed by atoms with Crippen molar-refractivity contribution in [3.05, 3.63) is 0 Å². The molecule has 2 atom stereocenters. The second-order valence-electron chi connectivity index (χ2n) is 3.20. The van der Waals surface area contributed by atoms with Crippen molar-refractivity contribution in [3.63, 3.8) is 0 Å². The molecular weight excluding hydrogens is 130 g/mol. The quantitative estimate of drug-likeness (QED) is 0.539. The van der Waals surface area contributed by atoms with Crippen molar-refractivity contribution < 1.29 is 9.47 Å². The van der Waals surface area contributed by atoms with E-state index in [-0.39, 0.29) is 12.1 Å². The zero-order valence-electron chi connectivity index (χ0n) is 6.76. The summed E-state index contributed by atoms with van der Waals surface area (Å²) in [5, 5.41) is 0. The standard InChI is InChI=1S/C7H15NO2/c1-5-6(8)4-9-7(2,3)10-5/h5-6H,4,8H2,1-3H3. The van der Waals surface area contributed by atoms with Crippen LogP contribution in [-0.2, 0) is 9.47 Å². The Morgan fingerprint density at radius 1 is 1.50 bits per heavy atom. The lowest BCUT2D eigenvalue weighted by molar-refractivity contribution is -0.274. The largest absolute Gasteiger partial charge is 0.349 e. The van der Waals surface area contributed by atoms with Crippen LogP contribution in [0.2, 0.25) is 0 Å². The summed E-state index contributed by atoms with van der Waals surface area (Å²) in [7, 11) is 0. The first-order chi connectivity index (χ1) is 4.51. The van der Waals surface area contributed by atoms with Gasteiger partial charge in [0.2, 0.25) is 0 Å². The van der Waals surface area contributed by atoms with Crippen LogP contribution in [0.5, 0.6) is 0 Å². The third kappa shape index (κ3) is 1.68. The van der Waals surface area contributed by atoms with Crippen LogP contribution < -0.4 is 5.73 Å². The van der Waals surface area contributed by atoms with Crippen LogP contribution in [0.15, 0.2) is 0 Å². The van der Waals surface area contributed by atoms with Crippen LogP contribution in [0.1, 0.15) is 20.8 Å². The van der Waals surface area contributed by atoms with Gasteiger partial charge in [-0.05, 0) is 20.8 Å². The molecule has 0 bridgehead atoms. The molecule has 1 aliphatic heterocycles. The van der Waals surface area contributed by atoms with Gasteiger partial charge in [-0.1, -0.05) is 0 Å². The maximum atomic E-state index is 5.65. The molecule has 0 spiro atoms. The molecule has 1 saturated heterocycles. The van der Waals surface area contributed by atoms with Crippen molar-refractivity contribution in [1.82, 2.24) is 0 Å². The Hall–Kier alpha value is -0.120. The van der Waals surface area contributed by atoms with E-state index >= 15 is 0 Å². The molecule has 3 heteroatoms. The number of hydrogen-bond donors (Lipinski definition) is 1. The molecule has 0 radical (unpaired) electrons. The minimum Gasteiger partial charge on any atom is -0.349 e. The summed E-state index contributed by atoms with van der Waals surface area (Å²) in [6, 6.07) is 0.0213. The molecule has 1 aliphatic rings. The fraction of sp³-hybridized carbons (Fsp3) is 1.00. The third-order valence-corrected chi connectivity index (χ3v) is 1.70. The maximum Gasteiger partial charge on any atom is 0.163 e. The molecule has 1 fully saturated rings. The predicted molar refractivity (Wildman–Crippen MR) is 38.6 cm³/mol. The van der Waals surface area contributed by atoms with E-state index in [4.69, 9.17) is 15.2 Å². The summed E-state index contributed by atoms with van der Waals surface area (Å²) in [5.41, 5.74) is 5.65. The normalized spacial score (nSPS) is 39.6. The van der Waals surface area contributed by atoms with E-state index in [1.807, 2.05) is 20.8 Å². The van der Waals surface area contributed by atoms with E-state index in [9.17, 15) is 0 Å². The lowest BCUT2D eigenvalue weighted by Gasteiger charge is -2.37. The van der Waals surface area contributed by atoms with E-state index in [2.05, 4.69) is 0 Å². The second kappa shape index (κ2) is 2.49. The molecular formula is C7H15NO2. The van der Waals surface area contributed by atoms with Crippen molar-refractivity contribution in [2.45, 2.75) is 38.7 Å². The molecule has 0 amide bonds. The molecule has 60 valence electrons. The molecule has 0 aliphatic carbocycles. The van der Waals surface area contributed by atoms with Gasteiger partial charge in [0, 0.05) is 0 Å². The highest BCUT2D eigenvalue weighted by Crippen LogP contribution is 2.20. The fourth-order valence-electron chi connectivity index (χ4n) is 1.00. The summed E-state index contributed by atoms with van der Waals surface area (Å²) >= 11 is 0. The number of nitrogens with two attached hydrogens (primary N) is 1.